The van der Waals surface area contributed by atoms with Gasteiger partial charge >= 0.3 is 0 Å². The summed E-state index contributed by atoms with van der Waals surface area (Å²) in [5.41, 5.74) is 3.35. The number of likely N-dealkylation sites (N-methyl/N-ethyl adjacent to an activating group) is 1. The van der Waals surface area contributed by atoms with Gasteiger partial charge < -0.3 is 9.80 Å². The van der Waals surface area contributed by atoms with Crippen molar-refractivity contribution in [2.45, 2.75) is 13.8 Å². The molecule has 7 nitrogen and oxygen atoms in total. The molecule has 3 rings (SSSR count). The molecule has 1 amide bonds. The van der Waals surface area contributed by atoms with Crippen molar-refractivity contribution >= 4 is 22.2 Å². The SMILES string of the molecule is Cc1ccc(/C=C/C(=O)N2CCN(S(=O)(=O)N3CCN(C)CC3)CC2)c(C)c1. The van der Waals surface area contributed by atoms with Crippen LogP contribution >= 0.6 is 0 Å². The summed E-state index contributed by atoms with van der Waals surface area (Å²) in [4.78, 5) is 16.3. The Bertz CT molecular complexity index is 837. The highest BCUT2D eigenvalue weighted by molar-refractivity contribution is 7.86. The lowest BCUT2D eigenvalue weighted by atomic mass is 10.1. The standard InChI is InChI=1S/C20H30N4O3S/c1-17-4-5-19(18(2)16-17)6-7-20(25)22-10-14-24(15-11-22)28(26,27)23-12-8-21(3)9-13-23/h4-7,16H,8-15H2,1-3H3/b7-6+. The monoisotopic (exact) mass is 406 g/mol. The third-order valence-corrected chi connectivity index (χ3v) is 7.53. The maximum Gasteiger partial charge on any atom is 0.282 e. The van der Waals surface area contributed by atoms with Crippen molar-refractivity contribution in [1.82, 2.24) is 18.4 Å². The Balaban J connectivity index is 1.55. The van der Waals surface area contributed by atoms with Crippen LogP contribution in [0.3, 0.4) is 0 Å². The third-order valence-electron chi connectivity index (χ3n) is 5.50. The van der Waals surface area contributed by atoms with Crippen molar-refractivity contribution in [3.63, 3.8) is 0 Å². The first-order valence-corrected chi connectivity index (χ1v) is 11.1. The average Bonchev–Trinajstić information content (AvgIpc) is 2.67. The maximum absolute atomic E-state index is 12.8. The predicted octanol–water partition coefficient (Wildman–Crippen LogP) is 0.953. The first kappa shape index (κ1) is 21.0. The first-order valence-electron chi connectivity index (χ1n) is 9.75. The zero-order chi connectivity index (χ0) is 20.3. The number of nitrogens with zero attached hydrogens (tertiary/aromatic N) is 4. The van der Waals surface area contributed by atoms with E-state index in [0.717, 1.165) is 24.2 Å². The lowest BCUT2D eigenvalue weighted by molar-refractivity contribution is -0.127. The van der Waals surface area contributed by atoms with Gasteiger partial charge in [-0.1, -0.05) is 23.8 Å². The predicted molar refractivity (Wildman–Crippen MR) is 111 cm³/mol. The van der Waals surface area contributed by atoms with E-state index in [1.165, 1.54) is 9.87 Å². The summed E-state index contributed by atoms with van der Waals surface area (Å²) in [6.07, 6.45) is 3.42. The quantitative estimate of drug-likeness (QED) is 0.699. The summed E-state index contributed by atoms with van der Waals surface area (Å²) < 4.78 is 28.7. The van der Waals surface area contributed by atoms with Gasteiger partial charge in [-0.2, -0.15) is 17.0 Å². The largest absolute Gasteiger partial charge is 0.337 e. The number of benzene rings is 1. The van der Waals surface area contributed by atoms with E-state index in [0.29, 0.717) is 39.3 Å². The zero-order valence-electron chi connectivity index (χ0n) is 17.0. The molecule has 1 aromatic carbocycles. The molecule has 2 fully saturated rings. The molecule has 1 aromatic rings. The van der Waals surface area contributed by atoms with E-state index in [2.05, 4.69) is 11.0 Å². The fraction of sp³-hybridized carbons (Fsp3) is 0.550. The molecule has 0 aromatic heterocycles. The molecule has 2 heterocycles. The molecular weight excluding hydrogens is 376 g/mol. The highest BCUT2D eigenvalue weighted by atomic mass is 32.2. The molecule has 0 saturated carbocycles. The fourth-order valence-electron chi connectivity index (χ4n) is 3.60. The Morgan fingerprint density at radius 3 is 2.07 bits per heavy atom. The molecule has 0 aliphatic carbocycles. The summed E-state index contributed by atoms with van der Waals surface area (Å²) in [5.74, 6) is -0.0726. The number of carbonyl (C=O) groups is 1. The van der Waals surface area contributed by atoms with Gasteiger partial charge in [-0.15, -0.1) is 0 Å². The maximum atomic E-state index is 12.8. The van der Waals surface area contributed by atoms with Crippen molar-refractivity contribution in [1.29, 1.82) is 0 Å². The van der Waals surface area contributed by atoms with Crippen molar-refractivity contribution in [2.75, 3.05) is 59.4 Å². The molecule has 0 unspecified atom stereocenters. The lowest BCUT2D eigenvalue weighted by Gasteiger charge is -2.38. The van der Waals surface area contributed by atoms with Crippen LogP contribution in [0.5, 0.6) is 0 Å². The minimum Gasteiger partial charge on any atom is -0.337 e. The van der Waals surface area contributed by atoms with E-state index in [1.807, 2.05) is 39.1 Å². The molecule has 0 radical (unpaired) electrons. The van der Waals surface area contributed by atoms with Gasteiger partial charge in [0.25, 0.3) is 10.2 Å². The van der Waals surface area contributed by atoms with Crippen molar-refractivity contribution in [3.05, 3.63) is 41.0 Å². The number of aryl methyl sites for hydroxylation is 2. The molecule has 2 aliphatic rings. The average molecular weight is 407 g/mol. The number of piperazine rings is 2. The summed E-state index contributed by atoms with van der Waals surface area (Å²) in [7, 11) is -1.44. The van der Waals surface area contributed by atoms with E-state index in [-0.39, 0.29) is 5.91 Å². The van der Waals surface area contributed by atoms with Crippen LogP contribution in [0.1, 0.15) is 16.7 Å². The normalized spacial score (nSPS) is 20.8. The van der Waals surface area contributed by atoms with Crippen LogP contribution in [0.4, 0.5) is 0 Å². The van der Waals surface area contributed by atoms with E-state index in [9.17, 15) is 13.2 Å². The molecule has 28 heavy (non-hydrogen) atoms. The van der Waals surface area contributed by atoms with Crippen LogP contribution in [0.2, 0.25) is 0 Å². The molecule has 2 saturated heterocycles. The lowest BCUT2D eigenvalue weighted by Crippen LogP contribution is -2.57. The van der Waals surface area contributed by atoms with Gasteiger partial charge in [0, 0.05) is 58.4 Å². The molecule has 0 bridgehead atoms. The van der Waals surface area contributed by atoms with Crippen molar-refractivity contribution in [3.8, 4) is 0 Å². The van der Waals surface area contributed by atoms with Gasteiger partial charge in [0.15, 0.2) is 0 Å². The number of rotatable bonds is 4. The van der Waals surface area contributed by atoms with E-state index in [1.54, 1.807) is 15.3 Å². The Morgan fingerprint density at radius 1 is 0.929 bits per heavy atom. The fourth-order valence-corrected chi connectivity index (χ4v) is 5.18. The Labute approximate surface area is 168 Å². The first-order chi connectivity index (χ1) is 13.3. The number of carbonyl (C=O) groups excluding carboxylic acids is 1. The minimum absolute atomic E-state index is 0.0726. The molecule has 154 valence electrons. The van der Waals surface area contributed by atoms with E-state index >= 15 is 0 Å². The summed E-state index contributed by atoms with van der Waals surface area (Å²) >= 11 is 0. The van der Waals surface area contributed by atoms with Crippen molar-refractivity contribution < 1.29 is 13.2 Å². The number of hydrogen-bond donors (Lipinski definition) is 0. The van der Waals surface area contributed by atoms with Crippen LogP contribution in [0.15, 0.2) is 24.3 Å². The Kier molecular flexibility index (Phi) is 6.54. The highest BCUT2D eigenvalue weighted by Crippen LogP contribution is 2.16. The Hall–Kier alpha value is -1.74. The highest BCUT2D eigenvalue weighted by Gasteiger charge is 2.34. The third kappa shape index (κ3) is 4.81. The van der Waals surface area contributed by atoms with Gasteiger partial charge in [-0.25, -0.2) is 0 Å². The van der Waals surface area contributed by atoms with Crippen LogP contribution in [-0.4, -0.2) is 92.1 Å². The second-order valence-electron chi connectivity index (χ2n) is 7.63. The van der Waals surface area contributed by atoms with Gasteiger partial charge in [0.05, 0.1) is 0 Å². The molecule has 0 N–H and O–H groups in total. The van der Waals surface area contributed by atoms with Gasteiger partial charge in [0.2, 0.25) is 5.91 Å². The second-order valence-corrected chi connectivity index (χ2v) is 9.56. The molecule has 2 aliphatic heterocycles. The molecule has 0 spiro atoms. The molecule has 0 atom stereocenters. The van der Waals surface area contributed by atoms with Crippen LogP contribution in [0.25, 0.3) is 6.08 Å². The van der Waals surface area contributed by atoms with E-state index < -0.39 is 10.2 Å². The smallest absolute Gasteiger partial charge is 0.282 e. The number of hydrogen-bond acceptors (Lipinski definition) is 4. The summed E-state index contributed by atoms with van der Waals surface area (Å²) in [5, 5.41) is 0. The van der Waals surface area contributed by atoms with Gasteiger partial charge in [0.1, 0.15) is 0 Å². The zero-order valence-corrected chi connectivity index (χ0v) is 17.8. The minimum atomic E-state index is -3.44. The topological polar surface area (TPSA) is 64.2 Å². The van der Waals surface area contributed by atoms with Crippen LogP contribution in [0, 0.1) is 13.8 Å². The summed E-state index contributed by atoms with van der Waals surface area (Å²) in [6.45, 7) is 8.15. The van der Waals surface area contributed by atoms with Crippen molar-refractivity contribution in [2.24, 2.45) is 0 Å². The Morgan fingerprint density at radius 2 is 1.50 bits per heavy atom. The van der Waals surface area contributed by atoms with Crippen LogP contribution in [-0.2, 0) is 15.0 Å². The van der Waals surface area contributed by atoms with Gasteiger partial charge in [-0.3, -0.25) is 4.79 Å². The van der Waals surface area contributed by atoms with Crippen LogP contribution < -0.4 is 0 Å². The second kappa shape index (κ2) is 8.73. The number of amides is 1. The summed E-state index contributed by atoms with van der Waals surface area (Å²) in [6, 6.07) is 6.13. The molecular formula is C20H30N4O3S. The molecule has 8 heteroatoms. The van der Waals surface area contributed by atoms with Gasteiger partial charge in [-0.05, 0) is 38.1 Å². The van der Waals surface area contributed by atoms with E-state index in [4.69, 9.17) is 0 Å².